The summed E-state index contributed by atoms with van der Waals surface area (Å²) < 4.78 is 12.2. The molecule has 1 aromatic carbocycles. The van der Waals surface area contributed by atoms with Crippen LogP contribution in [0.25, 0.3) is 16.2 Å². The molecule has 0 saturated heterocycles. The van der Waals surface area contributed by atoms with Gasteiger partial charge in [-0.15, -0.1) is 0 Å². The summed E-state index contributed by atoms with van der Waals surface area (Å²) in [4.78, 5) is 28.5. The van der Waals surface area contributed by atoms with Gasteiger partial charge in [-0.05, 0) is 25.1 Å². The molecular formula is C16H15N3O4S. The topological polar surface area (TPSA) is 95.9 Å². The zero-order chi connectivity index (χ0) is 17.4. The molecule has 1 amide bonds. The van der Waals surface area contributed by atoms with Gasteiger partial charge in [0.05, 0.1) is 14.2 Å². The number of thiazole rings is 1. The van der Waals surface area contributed by atoms with Crippen LogP contribution < -0.4 is 15.2 Å². The number of aromatic nitrogens is 2. The number of methoxy groups -OCH3 is 2. The van der Waals surface area contributed by atoms with E-state index in [1.807, 2.05) is 0 Å². The lowest BCUT2D eigenvalue weighted by molar-refractivity contribution is 0.100. The fourth-order valence-corrected chi connectivity index (χ4v) is 3.59. The molecule has 0 saturated carbocycles. The first kappa shape index (κ1) is 16.0. The van der Waals surface area contributed by atoms with E-state index in [0.29, 0.717) is 44.0 Å². The summed E-state index contributed by atoms with van der Waals surface area (Å²) in [5.41, 5.74) is 7.54. The van der Waals surface area contributed by atoms with Gasteiger partial charge >= 0.3 is 0 Å². The van der Waals surface area contributed by atoms with Gasteiger partial charge in [-0.1, -0.05) is 11.3 Å². The predicted octanol–water partition coefficient (Wildman–Crippen LogP) is 2.30. The highest BCUT2D eigenvalue weighted by Crippen LogP contribution is 2.35. The van der Waals surface area contributed by atoms with Crippen molar-refractivity contribution in [1.82, 2.24) is 9.38 Å². The predicted molar refractivity (Wildman–Crippen MR) is 90.3 cm³/mol. The zero-order valence-corrected chi connectivity index (χ0v) is 14.1. The first-order valence-corrected chi connectivity index (χ1v) is 7.82. The molecule has 0 aliphatic heterocycles. The van der Waals surface area contributed by atoms with Crippen LogP contribution in [0.4, 0.5) is 0 Å². The minimum absolute atomic E-state index is 0.360. The van der Waals surface area contributed by atoms with Crippen molar-refractivity contribution in [3.63, 3.8) is 0 Å². The molecule has 124 valence electrons. The number of hydrogen-bond acceptors (Lipinski definition) is 6. The average Bonchev–Trinajstić information content (AvgIpc) is 3.11. The summed E-state index contributed by atoms with van der Waals surface area (Å²) in [5, 5.41) is 0. The molecule has 0 unspecified atom stereocenters. The van der Waals surface area contributed by atoms with Crippen LogP contribution in [0.5, 0.6) is 11.5 Å². The SMILES string of the molecule is COc1ccc(-c2nc3sc(C(N)=O)c(C)n3c2C=O)cc1OC. The summed E-state index contributed by atoms with van der Waals surface area (Å²) in [6, 6.07) is 5.30. The van der Waals surface area contributed by atoms with Crippen molar-refractivity contribution in [3.8, 4) is 22.8 Å². The molecule has 2 aromatic heterocycles. The van der Waals surface area contributed by atoms with E-state index in [4.69, 9.17) is 15.2 Å². The van der Waals surface area contributed by atoms with Crippen LogP contribution in [0.15, 0.2) is 18.2 Å². The minimum Gasteiger partial charge on any atom is -0.493 e. The average molecular weight is 345 g/mol. The minimum atomic E-state index is -0.535. The number of carbonyl (C=O) groups is 2. The van der Waals surface area contributed by atoms with Gasteiger partial charge in [0.25, 0.3) is 5.91 Å². The quantitative estimate of drug-likeness (QED) is 0.716. The molecule has 8 heteroatoms. The van der Waals surface area contributed by atoms with Crippen LogP contribution in [0.1, 0.15) is 25.9 Å². The molecule has 0 atom stereocenters. The highest BCUT2D eigenvalue weighted by molar-refractivity contribution is 7.19. The Labute approximate surface area is 141 Å². The third-order valence-corrected chi connectivity index (χ3v) is 4.89. The molecule has 3 rings (SSSR count). The number of nitrogens with two attached hydrogens (primary N) is 1. The highest BCUT2D eigenvalue weighted by Gasteiger charge is 2.22. The number of amides is 1. The lowest BCUT2D eigenvalue weighted by Crippen LogP contribution is -2.11. The highest BCUT2D eigenvalue weighted by atomic mass is 32.1. The van der Waals surface area contributed by atoms with E-state index in [2.05, 4.69) is 4.98 Å². The Morgan fingerprint density at radius 1 is 1.29 bits per heavy atom. The molecule has 3 aromatic rings. The Bertz CT molecular complexity index is 958. The van der Waals surface area contributed by atoms with Crippen molar-refractivity contribution in [3.05, 3.63) is 34.5 Å². The van der Waals surface area contributed by atoms with Crippen LogP contribution in [0, 0.1) is 6.92 Å². The number of ether oxygens (including phenoxy) is 2. The van der Waals surface area contributed by atoms with Crippen molar-refractivity contribution < 1.29 is 19.1 Å². The molecule has 2 heterocycles. The largest absolute Gasteiger partial charge is 0.493 e. The third kappa shape index (κ3) is 2.31. The lowest BCUT2D eigenvalue weighted by atomic mass is 10.1. The maximum atomic E-state index is 11.7. The molecule has 7 nitrogen and oxygen atoms in total. The molecule has 0 aliphatic rings. The van der Waals surface area contributed by atoms with E-state index < -0.39 is 5.91 Å². The van der Waals surface area contributed by atoms with Gasteiger partial charge in [-0.3, -0.25) is 14.0 Å². The number of carbonyl (C=O) groups excluding carboxylic acids is 2. The summed E-state index contributed by atoms with van der Waals surface area (Å²) >= 11 is 1.16. The number of imidazole rings is 1. The lowest BCUT2D eigenvalue weighted by Gasteiger charge is -2.08. The van der Waals surface area contributed by atoms with Crippen molar-refractivity contribution in [2.45, 2.75) is 6.92 Å². The Balaban J connectivity index is 2.24. The summed E-state index contributed by atoms with van der Waals surface area (Å²) in [5.74, 6) is 0.590. The van der Waals surface area contributed by atoms with Crippen LogP contribution in [0.2, 0.25) is 0 Å². The van der Waals surface area contributed by atoms with Gasteiger partial charge in [0, 0.05) is 11.3 Å². The molecule has 24 heavy (non-hydrogen) atoms. The molecule has 2 N–H and O–H groups in total. The molecule has 0 fully saturated rings. The van der Waals surface area contributed by atoms with E-state index in [1.165, 1.54) is 7.11 Å². The van der Waals surface area contributed by atoms with Gasteiger partial charge < -0.3 is 15.2 Å². The van der Waals surface area contributed by atoms with Crippen molar-refractivity contribution in [1.29, 1.82) is 0 Å². The summed E-state index contributed by atoms with van der Waals surface area (Å²) in [6.07, 6.45) is 0.719. The number of aldehydes is 1. The first-order valence-electron chi connectivity index (χ1n) is 7.01. The fourth-order valence-electron chi connectivity index (χ4n) is 2.60. The Morgan fingerprint density at radius 2 is 2.00 bits per heavy atom. The Hall–Kier alpha value is -2.87. The normalized spacial score (nSPS) is 10.8. The molecule has 0 radical (unpaired) electrons. The van der Waals surface area contributed by atoms with Crippen LogP contribution in [-0.2, 0) is 0 Å². The van der Waals surface area contributed by atoms with E-state index in [-0.39, 0.29) is 0 Å². The van der Waals surface area contributed by atoms with Gasteiger partial charge in [-0.2, -0.15) is 0 Å². The first-order chi connectivity index (χ1) is 11.5. The van der Waals surface area contributed by atoms with Gasteiger partial charge in [0.1, 0.15) is 16.3 Å². The number of nitrogens with zero attached hydrogens (tertiary/aromatic N) is 2. The van der Waals surface area contributed by atoms with Crippen LogP contribution in [0.3, 0.4) is 0 Å². The smallest absolute Gasteiger partial charge is 0.260 e. The van der Waals surface area contributed by atoms with Crippen LogP contribution >= 0.6 is 11.3 Å². The number of primary amides is 1. The fraction of sp³-hybridized carbons (Fsp3) is 0.188. The number of fused-ring (bicyclic) bond motifs is 1. The molecule has 0 spiro atoms. The molecule has 0 bridgehead atoms. The maximum absolute atomic E-state index is 11.7. The Morgan fingerprint density at radius 3 is 2.58 bits per heavy atom. The number of aryl methyl sites for hydroxylation is 1. The zero-order valence-electron chi connectivity index (χ0n) is 13.3. The van der Waals surface area contributed by atoms with Crippen molar-refractivity contribution in [2.75, 3.05) is 14.2 Å². The van der Waals surface area contributed by atoms with E-state index in [0.717, 1.165) is 17.6 Å². The second-order valence-electron chi connectivity index (χ2n) is 5.03. The second-order valence-corrected chi connectivity index (χ2v) is 6.01. The number of rotatable bonds is 5. The monoisotopic (exact) mass is 345 g/mol. The standard InChI is InChI=1S/C16H15N3O4S/c1-8-14(15(17)21)24-16-18-13(10(7-20)19(8)16)9-4-5-11(22-2)12(6-9)23-3/h4-7H,1-3H3,(H2,17,21). The van der Waals surface area contributed by atoms with Crippen LogP contribution in [-0.4, -0.2) is 35.8 Å². The summed E-state index contributed by atoms with van der Waals surface area (Å²) in [6.45, 7) is 1.73. The molecular weight excluding hydrogens is 330 g/mol. The van der Waals surface area contributed by atoms with Gasteiger partial charge in [-0.25, -0.2) is 4.98 Å². The van der Waals surface area contributed by atoms with E-state index in [9.17, 15) is 9.59 Å². The van der Waals surface area contributed by atoms with Gasteiger partial charge in [0.15, 0.2) is 22.7 Å². The maximum Gasteiger partial charge on any atom is 0.260 e. The van der Waals surface area contributed by atoms with Gasteiger partial charge in [0.2, 0.25) is 0 Å². The number of benzene rings is 1. The third-order valence-electron chi connectivity index (χ3n) is 3.73. The number of hydrogen-bond donors (Lipinski definition) is 1. The van der Waals surface area contributed by atoms with E-state index >= 15 is 0 Å². The second kappa shape index (κ2) is 5.97. The molecule has 0 aliphatic carbocycles. The van der Waals surface area contributed by atoms with Crippen molar-refractivity contribution in [2.24, 2.45) is 5.73 Å². The Kier molecular flexibility index (Phi) is 3.98. The van der Waals surface area contributed by atoms with E-state index in [1.54, 1.807) is 36.6 Å². The summed E-state index contributed by atoms with van der Waals surface area (Å²) in [7, 11) is 3.09. The van der Waals surface area contributed by atoms with Crippen molar-refractivity contribution >= 4 is 28.5 Å².